The van der Waals surface area contributed by atoms with Gasteiger partial charge in [0, 0.05) is 29.4 Å². The number of hydrogen-bond donors (Lipinski definition) is 5. The van der Waals surface area contributed by atoms with Gasteiger partial charge in [0.25, 0.3) is 5.91 Å². The van der Waals surface area contributed by atoms with E-state index >= 15 is 0 Å². The molecule has 3 heterocycles. The molecule has 0 saturated carbocycles. The van der Waals surface area contributed by atoms with Crippen LogP contribution in [0, 0.1) is 17.2 Å². The van der Waals surface area contributed by atoms with Gasteiger partial charge in [-0.3, -0.25) is 24.7 Å². The van der Waals surface area contributed by atoms with Crippen LogP contribution in [0.1, 0.15) is 57.4 Å². The SMILES string of the molecule is COc1cccc2[nH]c(C(=O)N[C@@H](CC(C)C)C(=O)N[C@@H](CC3CCNC3=O)C3OC(=O)N(C(C)C)C3=N)cc12. The van der Waals surface area contributed by atoms with Crippen molar-refractivity contribution in [2.45, 2.75) is 71.2 Å². The van der Waals surface area contributed by atoms with Crippen LogP contribution < -0.4 is 20.7 Å². The van der Waals surface area contributed by atoms with Gasteiger partial charge in [-0.1, -0.05) is 19.9 Å². The van der Waals surface area contributed by atoms with Crippen molar-refractivity contribution in [1.29, 1.82) is 5.41 Å². The summed E-state index contributed by atoms with van der Waals surface area (Å²) < 4.78 is 10.9. The van der Waals surface area contributed by atoms with Crippen molar-refractivity contribution in [3.63, 3.8) is 0 Å². The van der Waals surface area contributed by atoms with E-state index < -0.39 is 42.0 Å². The fourth-order valence-electron chi connectivity index (χ4n) is 5.30. The molecule has 2 aliphatic heterocycles. The first-order valence-electron chi connectivity index (χ1n) is 13.6. The molecule has 4 atom stereocenters. The molecule has 0 spiro atoms. The van der Waals surface area contributed by atoms with E-state index in [1.807, 2.05) is 26.0 Å². The molecule has 4 rings (SSSR count). The van der Waals surface area contributed by atoms with Gasteiger partial charge in [0.1, 0.15) is 23.3 Å². The lowest BCUT2D eigenvalue weighted by atomic mass is 9.93. The molecule has 2 aliphatic rings. The van der Waals surface area contributed by atoms with Crippen LogP contribution in [-0.4, -0.2) is 77.4 Å². The van der Waals surface area contributed by atoms with Gasteiger partial charge in [-0.05, 0) is 57.2 Å². The summed E-state index contributed by atoms with van der Waals surface area (Å²) in [6.45, 7) is 7.94. The number of benzene rings is 1. The number of fused-ring (bicyclic) bond motifs is 1. The van der Waals surface area contributed by atoms with Crippen LogP contribution in [0.2, 0.25) is 0 Å². The number of aromatic amines is 1. The molecular formula is C28H38N6O6. The zero-order valence-electron chi connectivity index (χ0n) is 23.5. The molecule has 4 amide bonds. The van der Waals surface area contributed by atoms with Crippen molar-refractivity contribution < 1.29 is 28.7 Å². The van der Waals surface area contributed by atoms with Crippen LogP contribution in [0.15, 0.2) is 24.3 Å². The molecule has 2 aromatic rings. The molecule has 12 nitrogen and oxygen atoms in total. The van der Waals surface area contributed by atoms with Crippen molar-refractivity contribution in [3.05, 3.63) is 30.0 Å². The van der Waals surface area contributed by atoms with Crippen molar-refractivity contribution in [2.75, 3.05) is 13.7 Å². The number of nitrogens with one attached hydrogen (secondary N) is 5. The fourth-order valence-corrected chi connectivity index (χ4v) is 5.30. The van der Waals surface area contributed by atoms with Crippen LogP contribution in [-0.2, 0) is 14.3 Å². The molecule has 0 bridgehead atoms. The van der Waals surface area contributed by atoms with Gasteiger partial charge in [-0.2, -0.15) is 0 Å². The van der Waals surface area contributed by atoms with Gasteiger partial charge in [0.15, 0.2) is 6.10 Å². The molecule has 0 radical (unpaired) electrons. The summed E-state index contributed by atoms with van der Waals surface area (Å²) in [5, 5.41) is 17.9. The maximum Gasteiger partial charge on any atom is 0.416 e. The summed E-state index contributed by atoms with van der Waals surface area (Å²) in [5.41, 5.74) is 1.000. The maximum atomic E-state index is 13.7. The van der Waals surface area contributed by atoms with Gasteiger partial charge in [0.2, 0.25) is 11.8 Å². The maximum absolute atomic E-state index is 13.7. The standard InChI is InChI=1S/C28H38N6O6/c1-14(2)11-20(33-27(37)21-13-17-18(31-21)7-6-8-22(17)39-5)26(36)32-19(12-16-9-10-30-25(16)35)23-24(29)34(15(3)4)28(38)40-23/h6-8,13-16,19-20,23,29,31H,9-12H2,1-5H3,(H,30,35)(H,32,36)(H,33,37)/t16?,19-,20-,23?/m0/s1. The number of rotatable bonds is 11. The van der Waals surface area contributed by atoms with Gasteiger partial charge in [-0.15, -0.1) is 0 Å². The van der Waals surface area contributed by atoms with E-state index in [2.05, 4.69) is 20.9 Å². The minimum Gasteiger partial charge on any atom is -0.496 e. The van der Waals surface area contributed by atoms with E-state index in [0.717, 1.165) is 10.9 Å². The average molecular weight is 555 g/mol. The second-order valence-electron chi connectivity index (χ2n) is 11.0. The normalized spacial score (nSPS) is 20.6. The van der Waals surface area contributed by atoms with E-state index in [4.69, 9.17) is 14.9 Å². The van der Waals surface area contributed by atoms with Gasteiger partial charge in [-0.25, -0.2) is 4.79 Å². The molecule has 2 unspecified atom stereocenters. The lowest BCUT2D eigenvalue weighted by Gasteiger charge is -2.28. The highest BCUT2D eigenvalue weighted by Crippen LogP contribution is 2.27. The predicted octanol–water partition coefficient (Wildman–Crippen LogP) is 2.54. The van der Waals surface area contributed by atoms with Crippen LogP contribution in [0.4, 0.5) is 4.79 Å². The third-order valence-corrected chi connectivity index (χ3v) is 7.28. The lowest BCUT2D eigenvalue weighted by molar-refractivity contribution is -0.126. The number of nitrogens with zero attached hydrogens (tertiary/aromatic N) is 1. The highest BCUT2D eigenvalue weighted by molar-refractivity contribution is 6.03. The smallest absolute Gasteiger partial charge is 0.416 e. The van der Waals surface area contributed by atoms with Gasteiger partial charge < -0.3 is 30.4 Å². The minimum atomic E-state index is -1.05. The zero-order valence-corrected chi connectivity index (χ0v) is 23.5. The number of hydrogen-bond acceptors (Lipinski definition) is 7. The summed E-state index contributed by atoms with van der Waals surface area (Å²) in [5.74, 6) is -0.867. The molecular weight excluding hydrogens is 516 g/mol. The molecule has 1 aromatic heterocycles. The Bertz CT molecular complexity index is 1300. The second-order valence-corrected chi connectivity index (χ2v) is 11.0. The summed E-state index contributed by atoms with van der Waals surface area (Å²) in [7, 11) is 1.55. The Morgan fingerprint density at radius 3 is 2.55 bits per heavy atom. The third kappa shape index (κ3) is 6.05. The third-order valence-electron chi connectivity index (χ3n) is 7.28. The summed E-state index contributed by atoms with van der Waals surface area (Å²) in [6, 6.07) is 5.07. The molecule has 2 saturated heterocycles. The number of methoxy groups -OCH3 is 1. The first-order valence-corrected chi connectivity index (χ1v) is 13.6. The number of amides is 4. The Hall–Kier alpha value is -4.09. The average Bonchev–Trinajstić information content (AvgIpc) is 3.59. The minimum absolute atomic E-state index is 0.0666. The number of amidine groups is 1. The Balaban J connectivity index is 1.55. The molecule has 0 aliphatic carbocycles. The van der Waals surface area contributed by atoms with E-state index in [1.165, 1.54) is 4.90 Å². The van der Waals surface area contributed by atoms with Crippen LogP contribution in [0.5, 0.6) is 5.75 Å². The predicted molar refractivity (Wildman–Crippen MR) is 148 cm³/mol. The molecule has 2 fully saturated rings. The van der Waals surface area contributed by atoms with E-state index in [0.29, 0.717) is 25.1 Å². The highest BCUT2D eigenvalue weighted by atomic mass is 16.6. The van der Waals surface area contributed by atoms with Gasteiger partial charge >= 0.3 is 6.09 Å². The number of carbonyl (C=O) groups excluding carboxylic acids is 4. The number of cyclic esters (lactones) is 1. The van der Waals surface area contributed by atoms with Crippen LogP contribution >= 0.6 is 0 Å². The number of carbonyl (C=O) groups is 4. The summed E-state index contributed by atoms with van der Waals surface area (Å²) >= 11 is 0. The van der Waals surface area contributed by atoms with Gasteiger partial charge in [0.05, 0.1) is 13.2 Å². The molecule has 40 heavy (non-hydrogen) atoms. The largest absolute Gasteiger partial charge is 0.496 e. The lowest BCUT2D eigenvalue weighted by Crippen LogP contribution is -2.55. The summed E-state index contributed by atoms with van der Waals surface area (Å²) in [6.07, 6.45) is -0.611. The highest BCUT2D eigenvalue weighted by Gasteiger charge is 2.45. The molecule has 216 valence electrons. The molecule has 12 heteroatoms. The first-order chi connectivity index (χ1) is 19.0. The second kappa shape index (κ2) is 12.0. The van der Waals surface area contributed by atoms with E-state index in [1.54, 1.807) is 33.1 Å². The Labute approximate surface area is 233 Å². The Morgan fingerprint density at radius 1 is 1.20 bits per heavy atom. The van der Waals surface area contributed by atoms with E-state index in [9.17, 15) is 19.2 Å². The van der Waals surface area contributed by atoms with Crippen LogP contribution in [0.25, 0.3) is 10.9 Å². The quantitative estimate of drug-likeness (QED) is 0.286. The molecule has 5 N–H and O–H groups in total. The van der Waals surface area contributed by atoms with Crippen LogP contribution in [0.3, 0.4) is 0 Å². The number of ether oxygens (including phenoxy) is 2. The summed E-state index contributed by atoms with van der Waals surface area (Å²) in [4.78, 5) is 56.1. The Morgan fingerprint density at radius 2 is 1.95 bits per heavy atom. The van der Waals surface area contributed by atoms with Crippen molar-refractivity contribution >= 4 is 40.6 Å². The number of aromatic nitrogens is 1. The first kappa shape index (κ1) is 28.9. The van der Waals surface area contributed by atoms with E-state index in [-0.39, 0.29) is 35.8 Å². The van der Waals surface area contributed by atoms with Crippen molar-refractivity contribution in [1.82, 2.24) is 25.8 Å². The fraction of sp³-hybridized carbons (Fsp3) is 0.536. The van der Waals surface area contributed by atoms with Crippen molar-refractivity contribution in [2.24, 2.45) is 11.8 Å². The Kier molecular flexibility index (Phi) is 8.65. The monoisotopic (exact) mass is 554 g/mol. The zero-order chi connectivity index (χ0) is 29.1. The molecule has 1 aromatic carbocycles. The van der Waals surface area contributed by atoms with Crippen molar-refractivity contribution in [3.8, 4) is 5.75 Å². The topological polar surface area (TPSA) is 166 Å². The number of H-pyrrole nitrogens is 1.